The predicted molar refractivity (Wildman–Crippen MR) is 70.7 cm³/mol. The van der Waals surface area contributed by atoms with Gasteiger partial charge < -0.3 is 10.1 Å². The Labute approximate surface area is 107 Å². The maximum absolute atomic E-state index is 11.7. The fourth-order valence-electron chi connectivity index (χ4n) is 1.79. The highest BCUT2D eigenvalue weighted by molar-refractivity contribution is 6.02. The molecular formula is C14H19NO3. The van der Waals surface area contributed by atoms with Crippen molar-refractivity contribution >= 4 is 17.6 Å². The summed E-state index contributed by atoms with van der Waals surface area (Å²) in [6.07, 6.45) is -0.262. The zero-order chi connectivity index (χ0) is 13.9. The highest BCUT2D eigenvalue weighted by Gasteiger charge is 2.14. The Bertz CT molecular complexity index is 466. The van der Waals surface area contributed by atoms with E-state index in [1.165, 1.54) is 7.11 Å². The van der Waals surface area contributed by atoms with E-state index >= 15 is 0 Å². The number of rotatable bonds is 3. The van der Waals surface area contributed by atoms with Gasteiger partial charge in [-0.15, -0.1) is 0 Å². The number of methoxy groups -OCH3 is 1. The number of amides is 1. The van der Waals surface area contributed by atoms with Crippen LogP contribution in [0.2, 0.25) is 0 Å². The molecule has 0 aliphatic heterocycles. The Kier molecular flexibility index (Phi) is 4.48. The highest BCUT2D eigenvalue weighted by Crippen LogP contribution is 2.26. The molecule has 1 aromatic carbocycles. The lowest BCUT2D eigenvalue weighted by molar-refractivity contribution is -0.142. The van der Waals surface area contributed by atoms with Crippen LogP contribution in [0.4, 0.5) is 5.69 Å². The predicted octanol–water partition coefficient (Wildman–Crippen LogP) is 2.42. The van der Waals surface area contributed by atoms with Crippen LogP contribution in [0.25, 0.3) is 0 Å². The van der Waals surface area contributed by atoms with Crippen molar-refractivity contribution in [1.29, 1.82) is 0 Å². The van der Waals surface area contributed by atoms with Crippen LogP contribution in [0.15, 0.2) is 6.07 Å². The molecule has 4 nitrogen and oxygen atoms in total. The lowest BCUT2D eigenvalue weighted by Gasteiger charge is -2.15. The molecule has 0 fully saturated rings. The van der Waals surface area contributed by atoms with Gasteiger partial charge in [-0.3, -0.25) is 9.59 Å². The second kappa shape index (κ2) is 5.67. The van der Waals surface area contributed by atoms with Gasteiger partial charge in [-0.1, -0.05) is 6.07 Å². The number of benzene rings is 1. The highest BCUT2D eigenvalue weighted by atomic mass is 16.5. The third-order valence-corrected chi connectivity index (χ3v) is 3.16. The average Bonchev–Trinajstić information content (AvgIpc) is 2.32. The zero-order valence-corrected chi connectivity index (χ0v) is 11.5. The second-order valence-electron chi connectivity index (χ2n) is 4.44. The molecule has 1 amide bonds. The van der Waals surface area contributed by atoms with Crippen molar-refractivity contribution in [2.45, 2.75) is 34.1 Å². The van der Waals surface area contributed by atoms with Crippen LogP contribution in [0.5, 0.6) is 0 Å². The third-order valence-electron chi connectivity index (χ3n) is 3.16. The minimum Gasteiger partial charge on any atom is -0.469 e. The molecule has 0 saturated carbocycles. The van der Waals surface area contributed by atoms with Gasteiger partial charge in [0.1, 0.15) is 6.42 Å². The van der Waals surface area contributed by atoms with Crippen LogP contribution in [0.1, 0.15) is 28.7 Å². The van der Waals surface area contributed by atoms with Gasteiger partial charge in [0.2, 0.25) is 5.91 Å². The summed E-state index contributed by atoms with van der Waals surface area (Å²) in [5, 5.41) is 2.79. The van der Waals surface area contributed by atoms with Gasteiger partial charge in [-0.05, 0) is 49.9 Å². The van der Waals surface area contributed by atoms with E-state index in [9.17, 15) is 9.59 Å². The molecule has 0 heterocycles. The summed E-state index contributed by atoms with van der Waals surface area (Å²) in [6.45, 7) is 7.90. The zero-order valence-electron chi connectivity index (χ0n) is 11.5. The number of ether oxygens (including phenoxy) is 1. The number of nitrogens with one attached hydrogen (secondary N) is 1. The van der Waals surface area contributed by atoms with Gasteiger partial charge >= 0.3 is 5.97 Å². The van der Waals surface area contributed by atoms with Crippen molar-refractivity contribution in [1.82, 2.24) is 0 Å². The Morgan fingerprint density at radius 2 is 1.61 bits per heavy atom. The molecule has 0 unspecified atom stereocenters. The second-order valence-corrected chi connectivity index (χ2v) is 4.44. The van der Waals surface area contributed by atoms with E-state index in [0.29, 0.717) is 0 Å². The van der Waals surface area contributed by atoms with Crippen molar-refractivity contribution in [2.75, 3.05) is 12.4 Å². The minimum absolute atomic E-state index is 0.262. The number of hydrogen-bond donors (Lipinski definition) is 1. The first-order valence-corrected chi connectivity index (χ1v) is 5.81. The lowest BCUT2D eigenvalue weighted by atomic mass is 9.98. The van der Waals surface area contributed by atoms with E-state index in [2.05, 4.69) is 16.1 Å². The first-order valence-electron chi connectivity index (χ1n) is 5.81. The van der Waals surface area contributed by atoms with Crippen LogP contribution in [-0.4, -0.2) is 19.0 Å². The average molecular weight is 249 g/mol. The third kappa shape index (κ3) is 3.09. The van der Waals surface area contributed by atoms with Crippen LogP contribution < -0.4 is 5.32 Å². The van der Waals surface area contributed by atoms with Gasteiger partial charge in [0.15, 0.2) is 0 Å². The van der Waals surface area contributed by atoms with E-state index in [1.807, 2.05) is 27.7 Å². The Hall–Kier alpha value is -1.84. The van der Waals surface area contributed by atoms with Crippen molar-refractivity contribution in [3.05, 3.63) is 28.3 Å². The summed E-state index contributed by atoms with van der Waals surface area (Å²) < 4.78 is 4.47. The number of carbonyl (C=O) groups is 2. The van der Waals surface area contributed by atoms with Crippen LogP contribution in [0, 0.1) is 27.7 Å². The molecule has 0 bridgehead atoms. The Morgan fingerprint density at radius 1 is 1.11 bits per heavy atom. The molecule has 0 radical (unpaired) electrons. The fourth-order valence-corrected chi connectivity index (χ4v) is 1.79. The molecule has 4 heteroatoms. The summed E-state index contributed by atoms with van der Waals surface area (Å²) >= 11 is 0. The van der Waals surface area contributed by atoms with E-state index in [4.69, 9.17) is 0 Å². The van der Waals surface area contributed by atoms with Crippen LogP contribution in [0.3, 0.4) is 0 Å². The summed E-state index contributed by atoms with van der Waals surface area (Å²) in [5.41, 5.74) is 5.08. The van der Waals surface area contributed by atoms with Crippen molar-refractivity contribution in [2.24, 2.45) is 0 Å². The van der Waals surface area contributed by atoms with Crippen molar-refractivity contribution in [3.8, 4) is 0 Å². The first-order chi connectivity index (χ1) is 8.36. The SMILES string of the molecule is COC(=O)CC(=O)Nc1c(C)c(C)cc(C)c1C. The number of hydrogen-bond acceptors (Lipinski definition) is 3. The largest absolute Gasteiger partial charge is 0.469 e. The smallest absolute Gasteiger partial charge is 0.315 e. The molecule has 1 aromatic rings. The van der Waals surface area contributed by atoms with E-state index < -0.39 is 5.97 Å². The first kappa shape index (κ1) is 14.2. The van der Waals surface area contributed by atoms with E-state index in [-0.39, 0.29) is 12.3 Å². The fraction of sp³-hybridized carbons (Fsp3) is 0.429. The van der Waals surface area contributed by atoms with E-state index in [1.54, 1.807) is 0 Å². The van der Waals surface area contributed by atoms with E-state index in [0.717, 1.165) is 27.9 Å². The number of carbonyl (C=O) groups excluding carboxylic acids is 2. The maximum Gasteiger partial charge on any atom is 0.315 e. The molecule has 0 aromatic heterocycles. The molecule has 0 spiro atoms. The van der Waals surface area contributed by atoms with Gasteiger partial charge in [0.25, 0.3) is 0 Å². The number of esters is 1. The van der Waals surface area contributed by atoms with Gasteiger partial charge in [0, 0.05) is 5.69 Å². The molecule has 0 atom stereocenters. The molecule has 1 rings (SSSR count). The summed E-state index contributed by atoms with van der Waals surface area (Å²) in [5.74, 6) is -0.884. The molecular weight excluding hydrogens is 230 g/mol. The normalized spacial score (nSPS) is 10.1. The van der Waals surface area contributed by atoms with Crippen molar-refractivity contribution in [3.63, 3.8) is 0 Å². The molecule has 0 aliphatic rings. The van der Waals surface area contributed by atoms with Crippen LogP contribution in [-0.2, 0) is 14.3 Å². The minimum atomic E-state index is -0.535. The van der Waals surface area contributed by atoms with Crippen molar-refractivity contribution < 1.29 is 14.3 Å². The van der Waals surface area contributed by atoms with Crippen LogP contribution >= 0.6 is 0 Å². The monoisotopic (exact) mass is 249 g/mol. The Balaban J connectivity index is 2.97. The maximum atomic E-state index is 11.7. The molecule has 0 saturated heterocycles. The molecule has 98 valence electrons. The number of aryl methyl sites for hydroxylation is 2. The summed E-state index contributed by atoms with van der Waals surface area (Å²) in [6, 6.07) is 2.08. The summed E-state index contributed by atoms with van der Waals surface area (Å²) in [7, 11) is 1.27. The van der Waals surface area contributed by atoms with Gasteiger partial charge in [-0.2, -0.15) is 0 Å². The topological polar surface area (TPSA) is 55.4 Å². The molecule has 0 aliphatic carbocycles. The quantitative estimate of drug-likeness (QED) is 0.661. The standard InChI is InChI=1S/C14H19NO3/c1-8-6-9(2)11(4)14(10(8)3)15-12(16)7-13(17)18-5/h6H,7H2,1-5H3,(H,15,16). The van der Waals surface area contributed by atoms with Gasteiger partial charge in [0.05, 0.1) is 7.11 Å². The lowest BCUT2D eigenvalue weighted by Crippen LogP contribution is -2.19. The van der Waals surface area contributed by atoms with Gasteiger partial charge in [-0.25, -0.2) is 0 Å². The molecule has 18 heavy (non-hydrogen) atoms. The summed E-state index contributed by atoms with van der Waals surface area (Å²) in [4.78, 5) is 22.7. The number of anilines is 1. The molecule has 1 N–H and O–H groups in total. The Morgan fingerprint density at radius 3 is 2.06 bits per heavy atom.